The van der Waals surface area contributed by atoms with Crippen molar-refractivity contribution in [1.82, 2.24) is 4.57 Å². The van der Waals surface area contributed by atoms with Gasteiger partial charge in [-0.25, -0.2) is 9.13 Å². The smallest absolute Gasteiger partial charge is 0.291 e. The maximum Gasteiger partial charge on any atom is 0.355 e. The minimum absolute atomic E-state index is 0.0440. The highest BCUT2D eigenvalue weighted by molar-refractivity contribution is 5.95. The molecule has 3 rings (SSSR count). The van der Waals surface area contributed by atoms with Gasteiger partial charge in [0.05, 0.1) is 7.05 Å². The Morgan fingerprint density at radius 2 is 1.64 bits per heavy atom. The lowest BCUT2D eigenvalue weighted by Gasteiger charge is -2.00. The second-order valence-corrected chi connectivity index (χ2v) is 5.21. The Hall–Kier alpha value is -2.88. The van der Waals surface area contributed by atoms with Gasteiger partial charge in [0, 0.05) is 11.1 Å². The van der Waals surface area contributed by atoms with Crippen LogP contribution in [-0.4, -0.2) is 10.4 Å². The first-order valence-corrected chi connectivity index (χ1v) is 7.15. The van der Waals surface area contributed by atoms with Crippen molar-refractivity contribution in [3.63, 3.8) is 0 Å². The molecule has 1 aromatic heterocycles. The van der Waals surface area contributed by atoms with Gasteiger partial charge in [-0.05, 0) is 0 Å². The van der Waals surface area contributed by atoms with E-state index in [9.17, 15) is 4.79 Å². The van der Waals surface area contributed by atoms with Crippen molar-refractivity contribution in [2.45, 2.75) is 6.54 Å². The molecule has 0 aliphatic rings. The predicted octanol–water partition coefficient (Wildman–Crippen LogP) is 2.44. The summed E-state index contributed by atoms with van der Waals surface area (Å²) < 4.78 is 3.69. The fraction of sp³-hybridized carbons (Fsp3) is 0.111. The Balaban J connectivity index is 1.91. The number of hydrogen-bond acceptors (Lipinski definition) is 2. The zero-order valence-electron chi connectivity index (χ0n) is 12.4. The van der Waals surface area contributed by atoms with Crippen molar-refractivity contribution in [2.24, 2.45) is 7.05 Å². The quantitative estimate of drug-likeness (QED) is 0.593. The Kier molecular flexibility index (Phi) is 3.74. The lowest BCUT2D eigenvalue weighted by molar-refractivity contribution is -0.667. The van der Waals surface area contributed by atoms with Crippen LogP contribution in [-0.2, 0) is 13.6 Å². The number of nitrogens with two attached hydrogens (primary N) is 1. The van der Waals surface area contributed by atoms with E-state index in [1.807, 2.05) is 78.5 Å². The number of benzene rings is 2. The number of Topliss-reactive ketones (excluding diaryl/α,β-unsaturated/α-hetero) is 1. The molecule has 0 bridgehead atoms. The number of rotatable bonds is 4. The van der Waals surface area contributed by atoms with E-state index in [2.05, 4.69) is 0 Å². The maximum absolute atomic E-state index is 12.3. The summed E-state index contributed by atoms with van der Waals surface area (Å²) in [5, 5.41) is 0. The zero-order valence-corrected chi connectivity index (χ0v) is 12.4. The lowest BCUT2D eigenvalue weighted by Crippen LogP contribution is -2.39. The van der Waals surface area contributed by atoms with E-state index >= 15 is 0 Å². The minimum atomic E-state index is 0.0440. The number of imidazole rings is 1. The van der Waals surface area contributed by atoms with Gasteiger partial charge in [-0.3, -0.25) is 10.5 Å². The van der Waals surface area contributed by atoms with Crippen molar-refractivity contribution >= 4 is 11.7 Å². The summed E-state index contributed by atoms with van der Waals surface area (Å²) in [7, 11) is 1.90. The van der Waals surface area contributed by atoms with Crippen molar-refractivity contribution in [1.29, 1.82) is 0 Å². The number of aromatic nitrogens is 2. The summed E-state index contributed by atoms with van der Waals surface area (Å²) in [4.78, 5) is 12.3. The van der Waals surface area contributed by atoms with Gasteiger partial charge in [0.2, 0.25) is 0 Å². The Morgan fingerprint density at radius 3 is 2.27 bits per heavy atom. The molecule has 0 radical (unpaired) electrons. The summed E-state index contributed by atoms with van der Waals surface area (Å²) in [5.41, 5.74) is 8.89. The minimum Gasteiger partial charge on any atom is -0.291 e. The van der Waals surface area contributed by atoms with Gasteiger partial charge in [0.15, 0.2) is 5.78 Å². The van der Waals surface area contributed by atoms with Gasteiger partial charge in [0.25, 0.3) is 0 Å². The van der Waals surface area contributed by atoms with Crippen LogP contribution >= 0.6 is 0 Å². The molecule has 4 heteroatoms. The second-order valence-electron chi connectivity index (χ2n) is 5.21. The molecule has 0 unspecified atom stereocenters. The first-order valence-electron chi connectivity index (χ1n) is 7.15. The summed E-state index contributed by atoms with van der Waals surface area (Å²) >= 11 is 0. The summed E-state index contributed by atoms with van der Waals surface area (Å²) in [6.07, 6.45) is 1.92. The number of ketones is 1. The van der Waals surface area contributed by atoms with Crippen LogP contribution in [0.3, 0.4) is 0 Å². The fourth-order valence-electron chi connectivity index (χ4n) is 2.49. The van der Waals surface area contributed by atoms with E-state index in [0.717, 1.165) is 11.3 Å². The second kappa shape index (κ2) is 5.85. The number of carbonyl (C=O) groups excluding carboxylic acids is 1. The predicted molar refractivity (Wildman–Crippen MR) is 86.2 cm³/mol. The molecule has 2 N–H and O–H groups in total. The maximum atomic E-state index is 12.3. The van der Waals surface area contributed by atoms with Crippen LogP contribution < -0.4 is 10.3 Å². The number of nitrogens with zero attached hydrogens (tertiary/aromatic N) is 2. The van der Waals surface area contributed by atoms with Crippen LogP contribution in [0, 0.1) is 0 Å². The van der Waals surface area contributed by atoms with Crippen LogP contribution in [0.1, 0.15) is 10.4 Å². The fourth-order valence-corrected chi connectivity index (χ4v) is 2.49. The molecule has 0 aliphatic heterocycles. The molecule has 0 fully saturated rings. The van der Waals surface area contributed by atoms with Crippen LogP contribution in [0.4, 0.5) is 5.95 Å². The molecule has 1 heterocycles. The average Bonchev–Trinajstić information content (AvgIpc) is 2.85. The topological polar surface area (TPSA) is 51.9 Å². The van der Waals surface area contributed by atoms with E-state index in [0.29, 0.717) is 11.5 Å². The molecular weight excluding hydrogens is 274 g/mol. The molecule has 0 saturated carbocycles. The molecule has 2 aromatic carbocycles. The normalized spacial score (nSPS) is 10.6. The van der Waals surface area contributed by atoms with E-state index in [1.54, 1.807) is 4.57 Å². The van der Waals surface area contributed by atoms with Crippen molar-refractivity contribution < 1.29 is 9.36 Å². The molecule has 0 amide bonds. The van der Waals surface area contributed by atoms with Crippen molar-refractivity contribution in [3.8, 4) is 11.3 Å². The Morgan fingerprint density at radius 1 is 1.05 bits per heavy atom. The van der Waals surface area contributed by atoms with Gasteiger partial charge in [-0.15, -0.1) is 0 Å². The molecule has 3 aromatic rings. The van der Waals surface area contributed by atoms with E-state index in [-0.39, 0.29) is 12.3 Å². The third-order valence-corrected chi connectivity index (χ3v) is 3.76. The number of carbonyl (C=O) groups is 1. The first-order chi connectivity index (χ1) is 10.7. The van der Waals surface area contributed by atoms with Crippen molar-refractivity contribution in [2.75, 3.05) is 5.73 Å². The third-order valence-electron chi connectivity index (χ3n) is 3.76. The van der Waals surface area contributed by atoms with Crippen molar-refractivity contribution in [3.05, 3.63) is 72.4 Å². The highest BCUT2D eigenvalue weighted by atomic mass is 16.1. The summed E-state index contributed by atoms with van der Waals surface area (Å²) in [6.45, 7) is 0.233. The lowest BCUT2D eigenvalue weighted by atomic mass is 10.1. The molecule has 22 heavy (non-hydrogen) atoms. The molecular formula is C18H18N3O+. The zero-order chi connectivity index (χ0) is 15.5. The summed E-state index contributed by atoms with van der Waals surface area (Å²) in [5.74, 6) is 0.602. The van der Waals surface area contributed by atoms with E-state index in [4.69, 9.17) is 5.73 Å². The van der Waals surface area contributed by atoms with Gasteiger partial charge < -0.3 is 0 Å². The average molecular weight is 292 g/mol. The van der Waals surface area contributed by atoms with E-state index < -0.39 is 0 Å². The van der Waals surface area contributed by atoms with E-state index in [1.165, 1.54) is 0 Å². The molecule has 0 saturated heterocycles. The van der Waals surface area contributed by atoms with Crippen LogP contribution in [0.15, 0.2) is 66.9 Å². The van der Waals surface area contributed by atoms with Crippen LogP contribution in [0.5, 0.6) is 0 Å². The first kappa shape index (κ1) is 14.1. The SMILES string of the molecule is Cn1c(-c2ccccc2)c[n+](CC(=O)c2ccccc2)c1N. The molecule has 0 spiro atoms. The highest BCUT2D eigenvalue weighted by Crippen LogP contribution is 2.19. The van der Waals surface area contributed by atoms with Crippen LogP contribution in [0.25, 0.3) is 11.3 Å². The number of hydrogen-bond donors (Lipinski definition) is 1. The number of anilines is 1. The molecule has 0 aliphatic carbocycles. The van der Waals surface area contributed by atoms with Gasteiger partial charge >= 0.3 is 5.95 Å². The standard InChI is InChI=1S/C18H17N3O/c1-20-16(14-8-4-2-5-9-14)12-21(18(20)19)13-17(22)15-10-6-3-7-11-15/h2-12,19H,13H2,1H3/p+1. The number of nitrogen functional groups attached to an aromatic ring is 1. The van der Waals surface area contributed by atoms with Gasteiger partial charge in [-0.2, -0.15) is 0 Å². The van der Waals surface area contributed by atoms with Crippen LogP contribution in [0.2, 0.25) is 0 Å². The van der Waals surface area contributed by atoms with Gasteiger partial charge in [-0.1, -0.05) is 60.7 Å². The Bertz CT molecular complexity index is 792. The van der Waals surface area contributed by atoms with Gasteiger partial charge in [0.1, 0.15) is 18.4 Å². The Labute approximate surface area is 129 Å². The molecule has 110 valence electrons. The summed E-state index contributed by atoms with van der Waals surface area (Å²) in [6, 6.07) is 19.3. The molecule has 0 atom stereocenters. The highest BCUT2D eigenvalue weighted by Gasteiger charge is 2.19. The largest absolute Gasteiger partial charge is 0.355 e. The molecule has 4 nitrogen and oxygen atoms in total. The third kappa shape index (κ3) is 2.63. The monoisotopic (exact) mass is 292 g/mol.